The third-order valence-electron chi connectivity index (χ3n) is 7.37. The van der Waals surface area contributed by atoms with Crippen LogP contribution in [0.25, 0.3) is 11.4 Å². The summed E-state index contributed by atoms with van der Waals surface area (Å²) in [6.45, 7) is 2.14. The van der Waals surface area contributed by atoms with Crippen LogP contribution < -0.4 is 0 Å². The maximum absolute atomic E-state index is 4.79. The van der Waals surface area contributed by atoms with Gasteiger partial charge in [0, 0.05) is 23.5 Å². The van der Waals surface area contributed by atoms with E-state index in [4.69, 9.17) is 4.98 Å². The van der Waals surface area contributed by atoms with Crippen molar-refractivity contribution >= 4 is 0 Å². The molecule has 2 unspecified atom stereocenters. The van der Waals surface area contributed by atoms with Crippen molar-refractivity contribution in [2.75, 3.05) is 0 Å². The first-order valence-corrected chi connectivity index (χ1v) is 10.1. The Morgan fingerprint density at radius 2 is 1.74 bits per heavy atom. The lowest BCUT2D eigenvalue weighted by Crippen LogP contribution is -2.60. The molecule has 4 fully saturated rings. The van der Waals surface area contributed by atoms with Crippen LogP contribution in [0.4, 0.5) is 0 Å². The summed E-state index contributed by atoms with van der Waals surface area (Å²) >= 11 is 0. The van der Waals surface area contributed by atoms with E-state index in [2.05, 4.69) is 56.7 Å². The summed E-state index contributed by atoms with van der Waals surface area (Å²) in [4.78, 5) is 9.06. The van der Waals surface area contributed by atoms with Gasteiger partial charge < -0.3 is 4.57 Å². The Hall–Kier alpha value is -2.43. The first-order valence-electron chi connectivity index (χ1n) is 10.1. The summed E-state index contributed by atoms with van der Waals surface area (Å²) in [6.07, 6.45) is 15.4. The Morgan fingerprint density at radius 1 is 1.00 bits per heavy atom. The molecular formula is C22H25N5. The van der Waals surface area contributed by atoms with E-state index in [1.54, 1.807) is 6.33 Å². The minimum Gasteiger partial charge on any atom is -0.325 e. The van der Waals surface area contributed by atoms with Crippen LogP contribution in [0.3, 0.4) is 0 Å². The molecule has 0 radical (unpaired) electrons. The van der Waals surface area contributed by atoms with Crippen molar-refractivity contribution < 1.29 is 0 Å². The smallest absolute Gasteiger partial charge is 0.140 e. The van der Waals surface area contributed by atoms with Crippen molar-refractivity contribution in [2.24, 2.45) is 11.8 Å². The van der Waals surface area contributed by atoms with Gasteiger partial charge in [-0.25, -0.2) is 14.6 Å². The second-order valence-corrected chi connectivity index (χ2v) is 9.24. The monoisotopic (exact) mass is 359 g/mol. The van der Waals surface area contributed by atoms with Crippen molar-refractivity contribution in [1.29, 1.82) is 0 Å². The topological polar surface area (TPSA) is 48.5 Å². The fourth-order valence-electron chi connectivity index (χ4n) is 6.77. The predicted molar refractivity (Wildman–Crippen MR) is 103 cm³/mol. The molecule has 3 aromatic rings. The van der Waals surface area contributed by atoms with Crippen LogP contribution in [-0.2, 0) is 11.1 Å². The molecule has 1 aromatic carbocycles. The molecular weight excluding hydrogens is 334 g/mol. The van der Waals surface area contributed by atoms with Crippen LogP contribution in [0.2, 0.25) is 0 Å². The van der Waals surface area contributed by atoms with Gasteiger partial charge in [-0.1, -0.05) is 29.8 Å². The molecule has 0 spiro atoms. The largest absolute Gasteiger partial charge is 0.325 e. The highest BCUT2D eigenvalue weighted by molar-refractivity contribution is 5.56. The van der Waals surface area contributed by atoms with Crippen LogP contribution in [0.5, 0.6) is 0 Å². The molecule has 0 saturated heterocycles. The number of hydrogen-bond donors (Lipinski definition) is 0. The Labute approximate surface area is 159 Å². The Morgan fingerprint density at radius 3 is 2.44 bits per heavy atom. The lowest BCUT2D eigenvalue weighted by molar-refractivity contribution is -0.0968. The number of aryl methyl sites for hydroxylation is 1. The SMILES string of the molecule is Cc1ccc(-c2nccn2C23CC4CC(CC(n5cncn5)(C4)C2)C3)cc1. The van der Waals surface area contributed by atoms with E-state index in [0.717, 1.165) is 24.1 Å². The molecule has 7 rings (SSSR count). The van der Waals surface area contributed by atoms with Gasteiger partial charge in [-0.2, -0.15) is 5.10 Å². The highest BCUT2D eigenvalue weighted by atomic mass is 15.4. The summed E-state index contributed by atoms with van der Waals surface area (Å²) in [5.74, 6) is 2.68. The van der Waals surface area contributed by atoms with Gasteiger partial charge >= 0.3 is 0 Å². The second-order valence-electron chi connectivity index (χ2n) is 9.24. The van der Waals surface area contributed by atoms with Crippen molar-refractivity contribution in [1.82, 2.24) is 24.3 Å². The average Bonchev–Trinajstić information content (AvgIpc) is 3.34. The zero-order valence-corrected chi connectivity index (χ0v) is 15.8. The fourth-order valence-corrected chi connectivity index (χ4v) is 6.77. The van der Waals surface area contributed by atoms with Crippen LogP contribution in [-0.4, -0.2) is 24.3 Å². The van der Waals surface area contributed by atoms with E-state index >= 15 is 0 Å². The van der Waals surface area contributed by atoms with Gasteiger partial charge in [0.15, 0.2) is 0 Å². The molecule has 138 valence electrons. The van der Waals surface area contributed by atoms with Gasteiger partial charge in [0.1, 0.15) is 18.5 Å². The van der Waals surface area contributed by atoms with E-state index in [1.165, 1.54) is 43.2 Å². The summed E-state index contributed by atoms with van der Waals surface area (Å²) in [5.41, 5.74) is 2.80. The van der Waals surface area contributed by atoms with Gasteiger partial charge in [-0.05, 0) is 57.3 Å². The molecule has 4 aliphatic carbocycles. The second kappa shape index (κ2) is 5.31. The minimum atomic E-state index is 0.134. The molecule has 0 aliphatic heterocycles. The normalized spacial score (nSPS) is 34.3. The first kappa shape index (κ1) is 15.6. The van der Waals surface area contributed by atoms with E-state index in [9.17, 15) is 0 Å². The molecule has 4 bridgehead atoms. The standard InChI is InChI=1S/C22H25N5/c1-16-2-4-19(5-3-16)20-24-6-7-26(20)21-9-17-8-18(10-21)12-22(11-17,13-21)27-15-23-14-25-27/h2-7,14-15,17-18H,8-13H2,1H3. The lowest BCUT2D eigenvalue weighted by Gasteiger charge is -2.62. The molecule has 4 aliphatic rings. The van der Waals surface area contributed by atoms with Gasteiger partial charge in [-0.3, -0.25) is 0 Å². The molecule has 0 N–H and O–H groups in total. The maximum Gasteiger partial charge on any atom is 0.140 e. The third-order valence-corrected chi connectivity index (χ3v) is 7.37. The lowest BCUT2D eigenvalue weighted by atomic mass is 9.49. The van der Waals surface area contributed by atoms with Crippen LogP contribution in [0.15, 0.2) is 49.3 Å². The minimum absolute atomic E-state index is 0.134. The van der Waals surface area contributed by atoms with E-state index < -0.39 is 0 Å². The van der Waals surface area contributed by atoms with Crippen LogP contribution in [0, 0.1) is 18.8 Å². The number of benzene rings is 1. The molecule has 2 atom stereocenters. The molecule has 27 heavy (non-hydrogen) atoms. The summed E-state index contributed by atoms with van der Waals surface area (Å²) in [7, 11) is 0. The van der Waals surface area contributed by atoms with Crippen LogP contribution in [0.1, 0.15) is 44.1 Å². The third kappa shape index (κ3) is 2.20. The zero-order chi connectivity index (χ0) is 18.1. The van der Waals surface area contributed by atoms with Gasteiger partial charge in [-0.15, -0.1) is 0 Å². The van der Waals surface area contributed by atoms with Gasteiger partial charge in [0.2, 0.25) is 0 Å². The van der Waals surface area contributed by atoms with Gasteiger partial charge in [0.05, 0.1) is 5.54 Å². The fraction of sp³-hybridized carbons (Fsp3) is 0.500. The number of nitrogens with zero attached hydrogens (tertiary/aromatic N) is 5. The van der Waals surface area contributed by atoms with Crippen molar-refractivity contribution in [3.05, 3.63) is 54.9 Å². The van der Waals surface area contributed by atoms with Crippen LogP contribution >= 0.6 is 0 Å². The van der Waals surface area contributed by atoms with Crippen molar-refractivity contribution in [3.63, 3.8) is 0 Å². The summed E-state index contributed by atoms with van der Waals surface area (Å²) in [6, 6.07) is 8.79. The Balaban J connectivity index is 1.47. The predicted octanol–water partition coefficient (Wildman–Crippen LogP) is 4.15. The number of hydrogen-bond acceptors (Lipinski definition) is 3. The molecule has 0 amide bonds. The quantitative estimate of drug-likeness (QED) is 0.706. The molecule has 4 saturated carbocycles. The maximum atomic E-state index is 4.79. The van der Waals surface area contributed by atoms with E-state index in [0.29, 0.717) is 0 Å². The molecule has 5 heteroatoms. The number of imidazole rings is 1. The summed E-state index contributed by atoms with van der Waals surface area (Å²) < 4.78 is 4.70. The Kier molecular flexibility index (Phi) is 3.07. The average molecular weight is 359 g/mol. The number of rotatable bonds is 3. The highest BCUT2D eigenvalue weighted by Gasteiger charge is 2.60. The Bertz CT molecular complexity index is 955. The number of aromatic nitrogens is 5. The van der Waals surface area contributed by atoms with Gasteiger partial charge in [0.25, 0.3) is 0 Å². The summed E-state index contributed by atoms with van der Waals surface area (Å²) in [5, 5.41) is 4.59. The zero-order valence-electron chi connectivity index (χ0n) is 15.8. The first-order chi connectivity index (χ1) is 13.2. The van der Waals surface area contributed by atoms with E-state index in [-0.39, 0.29) is 11.1 Å². The molecule has 5 nitrogen and oxygen atoms in total. The highest BCUT2D eigenvalue weighted by Crippen LogP contribution is 2.63. The molecule has 2 heterocycles. The molecule has 2 aromatic heterocycles. The van der Waals surface area contributed by atoms with E-state index in [1.807, 2.05) is 12.5 Å². The van der Waals surface area contributed by atoms with Crippen molar-refractivity contribution in [2.45, 2.75) is 56.5 Å². The van der Waals surface area contributed by atoms with Crippen molar-refractivity contribution in [3.8, 4) is 11.4 Å².